The molecule has 0 spiro atoms. The van der Waals surface area contributed by atoms with E-state index in [4.69, 9.17) is 32.4 Å². The second-order valence-electron chi connectivity index (χ2n) is 7.55. The Labute approximate surface area is 194 Å². The molecule has 0 saturated heterocycles. The van der Waals surface area contributed by atoms with Crippen LogP contribution in [0.1, 0.15) is 45.4 Å². The number of furan rings is 1. The third kappa shape index (κ3) is 4.03. The molecule has 1 aromatic carbocycles. The highest BCUT2D eigenvalue weighted by molar-refractivity contribution is 7.16. The maximum atomic E-state index is 12.9. The molecule has 0 bridgehead atoms. The minimum Gasteiger partial charge on any atom is -0.486 e. The van der Waals surface area contributed by atoms with Crippen LogP contribution in [0, 0.1) is 0 Å². The van der Waals surface area contributed by atoms with Crippen LogP contribution in [0.2, 0.25) is 10.0 Å². The molecule has 0 saturated carbocycles. The predicted molar refractivity (Wildman–Crippen MR) is 122 cm³/mol. The average Bonchev–Trinajstić information content (AvgIpc) is 3.38. The zero-order valence-corrected chi connectivity index (χ0v) is 19.2. The lowest BCUT2D eigenvalue weighted by molar-refractivity contribution is 0.0929. The van der Waals surface area contributed by atoms with E-state index in [1.807, 2.05) is 12.1 Å². The van der Waals surface area contributed by atoms with E-state index in [1.165, 1.54) is 10.4 Å². The van der Waals surface area contributed by atoms with Gasteiger partial charge in [0.1, 0.15) is 28.9 Å². The molecule has 1 amide bonds. The Morgan fingerprint density at radius 3 is 2.90 bits per heavy atom. The molecule has 0 aliphatic carbocycles. The third-order valence-electron chi connectivity index (χ3n) is 5.60. The lowest BCUT2D eigenvalue weighted by Crippen LogP contribution is -2.38. The number of anilines is 1. The van der Waals surface area contributed by atoms with Crippen LogP contribution in [-0.4, -0.2) is 23.9 Å². The Balaban J connectivity index is 1.29. The highest BCUT2D eigenvalue weighted by Crippen LogP contribution is 2.41. The number of carbonyl (C=O) groups is 1. The number of carbonyl (C=O) groups excluding carboxylic acids is 1. The molecule has 0 fully saturated rings. The summed E-state index contributed by atoms with van der Waals surface area (Å²) in [5.41, 5.74) is 1.98. The summed E-state index contributed by atoms with van der Waals surface area (Å²) in [5, 5.41) is 8.29. The van der Waals surface area contributed by atoms with E-state index in [1.54, 1.807) is 29.5 Å². The quantitative estimate of drug-likeness (QED) is 0.510. The molecule has 2 aromatic heterocycles. The smallest absolute Gasteiger partial charge is 0.256 e. The van der Waals surface area contributed by atoms with E-state index in [-0.39, 0.29) is 12.5 Å². The van der Waals surface area contributed by atoms with Gasteiger partial charge in [-0.15, -0.1) is 11.3 Å². The molecule has 3 aromatic rings. The van der Waals surface area contributed by atoms with Gasteiger partial charge in [-0.25, -0.2) is 0 Å². The van der Waals surface area contributed by atoms with Crippen LogP contribution in [-0.2, 0) is 19.6 Å². The van der Waals surface area contributed by atoms with Crippen LogP contribution in [0.4, 0.5) is 5.00 Å². The van der Waals surface area contributed by atoms with Gasteiger partial charge in [0.2, 0.25) is 0 Å². The highest BCUT2D eigenvalue weighted by Gasteiger charge is 2.34. The second-order valence-corrected chi connectivity index (χ2v) is 9.47. The number of thiophene rings is 1. The molecule has 0 radical (unpaired) electrons. The van der Waals surface area contributed by atoms with E-state index >= 15 is 0 Å². The Kier molecular flexibility index (Phi) is 5.60. The van der Waals surface area contributed by atoms with Gasteiger partial charge in [0.05, 0.1) is 15.6 Å². The summed E-state index contributed by atoms with van der Waals surface area (Å²) in [5.74, 6) is 1.83. The first kappa shape index (κ1) is 20.7. The number of nitrogens with one attached hydrogen (secondary N) is 2. The Morgan fingerprint density at radius 2 is 2.10 bits per heavy atom. The summed E-state index contributed by atoms with van der Waals surface area (Å²) in [6.45, 7) is 5.32. The third-order valence-corrected chi connectivity index (χ3v) is 7.49. The van der Waals surface area contributed by atoms with Crippen molar-refractivity contribution in [3.63, 3.8) is 0 Å². The molecule has 2 N–H and O–H groups in total. The maximum absolute atomic E-state index is 12.9. The number of nitrogens with zero attached hydrogens (tertiary/aromatic N) is 1. The molecule has 31 heavy (non-hydrogen) atoms. The van der Waals surface area contributed by atoms with Crippen LogP contribution < -0.4 is 15.4 Å². The van der Waals surface area contributed by atoms with Crippen molar-refractivity contribution in [3.8, 4) is 5.75 Å². The predicted octanol–water partition coefficient (Wildman–Crippen LogP) is 5.46. The molecular weight excluding hydrogens is 457 g/mol. The van der Waals surface area contributed by atoms with Gasteiger partial charge in [-0.05, 0) is 42.8 Å². The number of fused-ring (bicyclic) bond motifs is 3. The van der Waals surface area contributed by atoms with Gasteiger partial charge >= 0.3 is 0 Å². The van der Waals surface area contributed by atoms with Crippen molar-refractivity contribution in [3.05, 3.63) is 67.9 Å². The normalized spacial score (nSPS) is 18.2. The molecule has 1 atom stereocenters. The molecule has 4 heterocycles. The molecular formula is C22H21Cl2N3O3S. The largest absolute Gasteiger partial charge is 0.486 e. The molecule has 2 aliphatic rings. The van der Waals surface area contributed by atoms with Crippen LogP contribution in [0.5, 0.6) is 5.75 Å². The number of hydrogen-bond acceptors (Lipinski definition) is 6. The Morgan fingerprint density at radius 1 is 1.23 bits per heavy atom. The number of benzene rings is 1. The van der Waals surface area contributed by atoms with Crippen molar-refractivity contribution in [2.75, 3.05) is 18.4 Å². The van der Waals surface area contributed by atoms with Crippen molar-refractivity contribution < 1.29 is 13.9 Å². The summed E-state index contributed by atoms with van der Waals surface area (Å²) in [7, 11) is 0. The summed E-state index contributed by atoms with van der Waals surface area (Å²) in [4.78, 5) is 16.6. The number of halogens is 2. The fraction of sp³-hybridized carbons (Fsp3) is 0.318. The summed E-state index contributed by atoms with van der Waals surface area (Å²) in [6.07, 6.45) is 0.493. The van der Waals surface area contributed by atoms with Gasteiger partial charge in [-0.3, -0.25) is 9.69 Å². The van der Waals surface area contributed by atoms with Crippen LogP contribution >= 0.6 is 34.5 Å². The first-order chi connectivity index (χ1) is 15.0. The van der Waals surface area contributed by atoms with Gasteiger partial charge in [-0.2, -0.15) is 0 Å². The number of rotatable bonds is 5. The monoisotopic (exact) mass is 477 g/mol. The molecule has 0 unspecified atom stereocenters. The minimum atomic E-state index is -0.416. The zero-order valence-electron chi connectivity index (χ0n) is 16.8. The van der Waals surface area contributed by atoms with Crippen molar-refractivity contribution >= 4 is 45.4 Å². The van der Waals surface area contributed by atoms with Crippen molar-refractivity contribution in [2.24, 2.45) is 0 Å². The molecule has 6 nitrogen and oxygen atoms in total. The number of amides is 1. The van der Waals surface area contributed by atoms with Crippen LogP contribution in [0.25, 0.3) is 0 Å². The number of ether oxygens (including phenoxy) is 1. The van der Waals surface area contributed by atoms with Gasteiger partial charge in [0.25, 0.3) is 5.91 Å². The second kappa shape index (κ2) is 8.39. The fourth-order valence-corrected chi connectivity index (χ4v) is 5.53. The van der Waals surface area contributed by atoms with Crippen LogP contribution in [0.3, 0.4) is 0 Å². The van der Waals surface area contributed by atoms with E-state index in [0.717, 1.165) is 36.6 Å². The maximum Gasteiger partial charge on any atom is 0.256 e. The lowest BCUT2D eigenvalue weighted by Gasteiger charge is -2.27. The summed E-state index contributed by atoms with van der Waals surface area (Å²) < 4.78 is 11.7. The first-order valence-electron chi connectivity index (χ1n) is 10.1. The van der Waals surface area contributed by atoms with E-state index in [0.29, 0.717) is 27.3 Å². The number of hydrogen-bond donors (Lipinski definition) is 2. The van der Waals surface area contributed by atoms with Gasteiger partial charge in [0, 0.05) is 24.0 Å². The Hall–Kier alpha value is -2.19. The summed E-state index contributed by atoms with van der Waals surface area (Å²) >= 11 is 13.6. The standard InChI is InChI=1S/C22H21Cl2N3O3S/c1-2-27-8-7-14-18(10-27)31-22-19(14)21(28)25-20(26-22)17-6-4-13(30-17)11-29-12-3-5-15(23)16(24)9-12/h3-6,9,20,26H,2,7-8,10-11H2,1H3,(H,25,28)/t20-/m0/s1. The minimum absolute atomic E-state index is 0.0498. The molecule has 162 valence electrons. The highest BCUT2D eigenvalue weighted by atomic mass is 35.5. The molecule has 5 rings (SSSR count). The molecule has 9 heteroatoms. The number of likely N-dealkylation sites (N-methyl/N-ethyl adjacent to an activating group) is 1. The van der Waals surface area contributed by atoms with Crippen molar-refractivity contribution in [1.29, 1.82) is 0 Å². The van der Waals surface area contributed by atoms with Crippen LogP contribution in [0.15, 0.2) is 34.7 Å². The van der Waals surface area contributed by atoms with E-state index in [9.17, 15) is 4.79 Å². The average molecular weight is 478 g/mol. The fourth-order valence-electron chi connectivity index (χ4n) is 3.93. The van der Waals surface area contributed by atoms with Gasteiger partial charge in [0.15, 0.2) is 6.17 Å². The lowest BCUT2D eigenvalue weighted by atomic mass is 10.0. The SMILES string of the molecule is CCN1CCc2c(sc3c2C(=O)N[C@H](c2ccc(COc4ccc(Cl)c(Cl)c4)o2)N3)C1. The Bertz CT molecular complexity index is 1140. The first-order valence-corrected chi connectivity index (χ1v) is 11.7. The zero-order chi connectivity index (χ0) is 21.5. The topological polar surface area (TPSA) is 66.7 Å². The van der Waals surface area contributed by atoms with Crippen molar-refractivity contribution in [2.45, 2.75) is 32.7 Å². The van der Waals surface area contributed by atoms with Gasteiger partial charge < -0.3 is 19.8 Å². The van der Waals surface area contributed by atoms with Crippen molar-refractivity contribution in [1.82, 2.24) is 10.2 Å². The molecule has 2 aliphatic heterocycles. The summed E-state index contributed by atoms with van der Waals surface area (Å²) in [6, 6.07) is 8.79. The van der Waals surface area contributed by atoms with Gasteiger partial charge in [-0.1, -0.05) is 30.1 Å². The van der Waals surface area contributed by atoms with E-state index in [2.05, 4.69) is 22.5 Å². The van der Waals surface area contributed by atoms with E-state index < -0.39 is 6.17 Å².